The van der Waals surface area contributed by atoms with E-state index in [0.29, 0.717) is 5.41 Å². The Morgan fingerprint density at radius 1 is 1.22 bits per heavy atom. The van der Waals surface area contributed by atoms with Crippen LogP contribution in [0.15, 0.2) is 12.2 Å². The molecule has 1 heteroatoms. The summed E-state index contributed by atoms with van der Waals surface area (Å²) >= 11 is 0. The quantitative estimate of drug-likeness (QED) is 0.504. The highest BCUT2D eigenvalue weighted by Crippen LogP contribution is 2.18. The highest BCUT2D eigenvalue weighted by Gasteiger charge is 2.05. The van der Waals surface area contributed by atoms with Gasteiger partial charge in [-0.15, -0.1) is 0 Å². The Bertz CT molecular complexity index is 87.2. The SMILES string of the molecule is CC(C)(C)C/C=C\CF. The summed E-state index contributed by atoms with van der Waals surface area (Å²) in [4.78, 5) is 0. The molecule has 0 atom stereocenters. The number of allylic oxidation sites excluding steroid dienone is 2. The third kappa shape index (κ3) is 7.67. The van der Waals surface area contributed by atoms with Crippen molar-refractivity contribution in [3.8, 4) is 0 Å². The maximum atomic E-state index is 11.5. The van der Waals surface area contributed by atoms with Crippen LogP contribution in [0.3, 0.4) is 0 Å². The molecule has 0 aromatic rings. The summed E-state index contributed by atoms with van der Waals surface area (Å²) in [6.07, 6.45) is 4.40. The van der Waals surface area contributed by atoms with E-state index in [1.165, 1.54) is 0 Å². The summed E-state index contributed by atoms with van der Waals surface area (Å²) in [6.45, 7) is 6.07. The molecule has 0 N–H and O–H groups in total. The Morgan fingerprint density at radius 2 is 1.78 bits per heavy atom. The molecule has 0 fully saturated rings. The Labute approximate surface area is 56.8 Å². The standard InChI is InChI=1S/C8H15F/c1-8(2,3)6-4-5-7-9/h4-5H,6-7H2,1-3H3/b5-4-. The van der Waals surface area contributed by atoms with Gasteiger partial charge in [0.25, 0.3) is 0 Å². The topological polar surface area (TPSA) is 0 Å². The van der Waals surface area contributed by atoms with Gasteiger partial charge < -0.3 is 0 Å². The normalized spacial score (nSPS) is 12.9. The Kier molecular flexibility index (Phi) is 3.52. The van der Waals surface area contributed by atoms with Gasteiger partial charge in [-0.2, -0.15) is 0 Å². The molecular weight excluding hydrogens is 115 g/mol. The second-order valence-electron chi connectivity index (χ2n) is 3.39. The third-order valence-electron chi connectivity index (χ3n) is 0.986. The van der Waals surface area contributed by atoms with Crippen LogP contribution >= 0.6 is 0 Å². The first-order chi connectivity index (χ1) is 4.06. The van der Waals surface area contributed by atoms with E-state index in [1.807, 2.05) is 6.08 Å². The molecule has 54 valence electrons. The lowest BCUT2D eigenvalue weighted by Gasteiger charge is -2.13. The molecule has 9 heavy (non-hydrogen) atoms. The smallest absolute Gasteiger partial charge is 0.108 e. The van der Waals surface area contributed by atoms with Gasteiger partial charge in [0.2, 0.25) is 0 Å². The first-order valence-corrected chi connectivity index (χ1v) is 3.27. The monoisotopic (exact) mass is 130 g/mol. The van der Waals surface area contributed by atoms with Crippen LogP contribution in [0.1, 0.15) is 27.2 Å². The Hall–Kier alpha value is -0.330. The lowest BCUT2D eigenvalue weighted by Crippen LogP contribution is -2.01. The van der Waals surface area contributed by atoms with Gasteiger partial charge >= 0.3 is 0 Å². The van der Waals surface area contributed by atoms with Gasteiger partial charge in [0.05, 0.1) is 0 Å². The van der Waals surface area contributed by atoms with Crippen molar-refractivity contribution in [3.05, 3.63) is 12.2 Å². The van der Waals surface area contributed by atoms with Crippen LogP contribution in [0.4, 0.5) is 4.39 Å². The van der Waals surface area contributed by atoms with E-state index >= 15 is 0 Å². The predicted molar refractivity (Wildman–Crippen MR) is 39.2 cm³/mol. The van der Waals surface area contributed by atoms with Gasteiger partial charge in [-0.3, -0.25) is 0 Å². The van der Waals surface area contributed by atoms with Gasteiger partial charge in [-0.1, -0.05) is 32.9 Å². The minimum atomic E-state index is -0.337. The van der Waals surface area contributed by atoms with E-state index in [9.17, 15) is 4.39 Å². The summed E-state index contributed by atoms with van der Waals surface area (Å²) in [5.74, 6) is 0. The van der Waals surface area contributed by atoms with Crippen molar-refractivity contribution in [2.24, 2.45) is 5.41 Å². The zero-order valence-corrected chi connectivity index (χ0v) is 6.45. The minimum absolute atomic E-state index is 0.297. The first-order valence-electron chi connectivity index (χ1n) is 3.27. The van der Waals surface area contributed by atoms with E-state index < -0.39 is 0 Å². The molecule has 0 aromatic carbocycles. The van der Waals surface area contributed by atoms with Gasteiger partial charge in [0.1, 0.15) is 6.67 Å². The van der Waals surface area contributed by atoms with Crippen LogP contribution in [-0.2, 0) is 0 Å². The van der Waals surface area contributed by atoms with E-state index in [0.717, 1.165) is 6.42 Å². The number of alkyl halides is 1. The van der Waals surface area contributed by atoms with Crippen molar-refractivity contribution in [3.63, 3.8) is 0 Å². The lowest BCUT2D eigenvalue weighted by atomic mass is 9.92. The molecule has 0 aliphatic carbocycles. The largest absolute Gasteiger partial charge is 0.247 e. The highest BCUT2D eigenvalue weighted by atomic mass is 19.1. The van der Waals surface area contributed by atoms with Crippen molar-refractivity contribution < 1.29 is 4.39 Å². The van der Waals surface area contributed by atoms with Crippen molar-refractivity contribution in [2.45, 2.75) is 27.2 Å². The zero-order valence-electron chi connectivity index (χ0n) is 6.45. The fourth-order valence-electron chi connectivity index (χ4n) is 0.500. The van der Waals surface area contributed by atoms with Crippen LogP contribution in [0.25, 0.3) is 0 Å². The molecule has 0 spiro atoms. The summed E-state index contributed by atoms with van der Waals surface area (Å²) < 4.78 is 11.5. The van der Waals surface area contributed by atoms with Crippen molar-refractivity contribution >= 4 is 0 Å². The maximum absolute atomic E-state index is 11.5. The van der Waals surface area contributed by atoms with Crippen LogP contribution in [0.5, 0.6) is 0 Å². The number of hydrogen-bond donors (Lipinski definition) is 0. The molecule has 0 saturated carbocycles. The van der Waals surface area contributed by atoms with Crippen molar-refractivity contribution in [1.29, 1.82) is 0 Å². The van der Waals surface area contributed by atoms with E-state index in [2.05, 4.69) is 20.8 Å². The summed E-state index contributed by atoms with van der Waals surface area (Å²) in [5.41, 5.74) is 0.297. The minimum Gasteiger partial charge on any atom is -0.247 e. The summed E-state index contributed by atoms with van der Waals surface area (Å²) in [5, 5.41) is 0. The average molecular weight is 130 g/mol. The van der Waals surface area contributed by atoms with Crippen LogP contribution < -0.4 is 0 Å². The van der Waals surface area contributed by atoms with Crippen LogP contribution in [-0.4, -0.2) is 6.67 Å². The molecule has 0 aromatic heterocycles. The molecule has 0 saturated heterocycles. The molecule has 0 rings (SSSR count). The first kappa shape index (κ1) is 8.67. The average Bonchev–Trinajstić information content (AvgIpc) is 1.63. The highest BCUT2D eigenvalue weighted by molar-refractivity contribution is 4.85. The summed E-state index contributed by atoms with van der Waals surface area (Å²) in [7, 11) is 0. The molecule has 0 radical (unpaired) electrons. The lowest BCUT2D eigenvalue weighted by molar-refractivity contribution is 0.419. The molecular formula is C8H15F. The molecule has 0 aliphatic rings. The van der Waals surface area contributed by atoms with Crippen LogP contribution in [0, 0.1) is 5.41 Å². The zero-order chi connectivity index (χ0) is 7.33. The fourth-order valence-corrected chi connectivity index (χ4v) is 0.500. The molecule has 0 aliphatic heterocycles. The molecule has 0 nitrogen and oxygen atoms in total. The fraction of sp³-hybridized carbons (Fsp3) is 0.750. The molecule has 0 amide bonds. The second-order valence-corrected chi connectivity index (χ2v) is 3.39. The van der Waals surface area contributed by atoms with E-state index in [4.69, 9.17) is 0 Å². The van der Waals surface area contributed by atoms with Crippen LogP contribution in [0.2, 0.25) is 0 Å². The second kappa shape index (κ2) is 3.65. The number of halogens is 1. The van der Waals surface area contributed by atoms with E-state index in [-0.39, 0.29) is 6.67 Å². The number of rotatable bonds is 2. The third-order valence-corrected chi connectivity index (χ3v) is 0.986. The Balaban J connectivity index is 3.38. The van der Waals surface area contributed by atoms with Gasteiger partial charge in [-0.25, -0.2) is 4.39 Å². The molecule has 0 unspecified atom stereocenters. The number of hydrogen-bond acceptors (Lipinski definition) is 0. The van der Waals surface area contributed by atoms with E-state index in [1.54, 1.807) is 6.08 Å². The molecule has 0 heterocycles. The summed E-state index contributed by atoms with van der Waals surface area (Å²) in [6, 6.07) is 0. The van der Waals surface area contributed by atoms with Gasteiger partial charge in [-0.05, 0) is 11.8 Å². The molecule has 0 bridgehead atoms. The van der Waals surface area contributed by atoms with Gasteiger partial charge in [0, 0.05) is 0 Å². The Morgan fingerprint density at radius 3 is 2.11 bits per heavy atom. The maximum Gasteiger partial charge on any atom is 0.108 e. The van der Waals surface area contributed by atoms with Gasteiger partial charge in [0.15, 0.2) is 0 Å². The van der Waals surface area contributed by atoms with Crippen molar-refractivity contribution in [2.75, 3.05) is 6.67 Å². The van der Waals surface area contributed by atoms with Crippen molar-refractivity contribution in [1.82, 2.24) is 0 Å². The predicted octanol–water partition coefficient (Wildman–Crippen LogP) is 2.95.